The van der Waals surface area contributed by atoms with E-state index in [1.54, 1.807) is 23.2 Å². The number of aromatic nitrogens is 1. The van der Waals surface area contributed by atoms with E-state index >= 15 is 0 Å². The maximum Gasteiger partial charge on any atom is 0.408 e. The second-order valence-corrected chi connectivity index (χ2v) is 6.88. The molecule has 2 saturated heterocycles. The summed E-state index contributed by atoms with van der Waals surface area (Å²) in [6.07, 6.45) is 0.883. The molecule has 2 aliphatic heterocycles. The molecule has 25 heavy (non-hydrogen) atoms. The van der Waals surface area contributed by atoms with Crippen LogP contribution >= 0.6 is 11.3 Å². The van der Waals surface area contributed by atoms with Gasteiger partial charge in [0, 0.05) is 23.7 Å². The van der Waals surface area contributed by atoms with Crippen molar-refractivity contribution in [2.75, 3.05) is 13.1 Å². The highest BCUT2D eigenvalue weighted by Crippen LogP contribution is 2.16. The van der Waals surface area contributed by atoms with E-state index in [9.17, 15) is 14.4 Å². The Labute approximate surface area is 150 Å². The molecule has 8 nitrogen and oxygen atoms in total. The van der Waals surface area contributed by atoms with Crippen molar-refractivity contribution in [3.05, 3.63) is 16.6 Å². The molecule has 1 unspecified atom stereocenters. The number of carbonyl (C=O) groups excluding carboxylic acids is 3. The third kappa shape index (κ3) is 5.42. The van der Waals surface area contributed by atoms with Crippen molar-refractivity contribution in [1.29, 1.82) is 0 Å². The second-order valence-electron chi connectivity index (χ2n) is 6.16. The van der Waals surface area contributed by atoms with Gasteiger partial charge in [0.25, 0.3) is 0 Å². The molecule has 0 aromatic carbocycles. The van der Waals surface area contributed by atoms with Crippen molar-refractivity contribution < 1.29 is 19.1 Å². The van der Waals surface area contributed by atoms with Crippen molar-refractivity contribution in [3.63, 3.8) is 0 Å². The highest BCUT2D eigenvalue weighted by atomic mass is 32.1. The lowest BCUT2D eigenvalue weighted by atomic mass is 10.2. The number of cyclic esters (lactones) is 1. The zero-order valence-electron chi connectivity index (χ0n) is 14.7. The molecular weight excluding hydrogens is 344 g/mol. The molecule has 0 saturated carbocycles. The van der Waals surface area contributed by atoms with Crippen molar-refractivity contribution in [2.45, 2.75) is 51.8 Å². The van der Waals surface area contributed by atoms with Crippen LogP contribution < -0.4 is 10.6 Å². The van der Waals surface area contributed by atoms with Gasteiger partial charge in [0.2, 0.25) is 11.8 Å². The van der Waals surface area contributed by atoms with Crippen LogP contribution in [0.15, 0.2) is 10.9 Å². The molecule has 3 amide bonds. The van der Waals surface area contributed by atoms with E-state index in [0.717, 1.165) is 25.1 Å². The van der Waals surface area contributed by atoms with Gasteiger partial charge in [0.05, 0.1) is 12.1 Å². The molecule has 1 aromatic heterocycles. The average Bonchev–Trinajstić information content (AvgIpc) is 3.28. The molecule has 138 valence electrons. The number of ether oxygens (including phenoxy) is 1. The summed E-state index contributed by atoms with van der Waals surface area (Å²) in [5.74, 6) is -0.477. The molecular formula is C16H24N4O4S. The van der Waals surface area contributed by atoms with E-state index in [-0.39, 0.29) is 18.5 Å². The van der Waals surface area contributed by atoms with Crippen LogP contribution in [0.4, 0.5) is 4.79 Å². The number of aryl methyl sites for hydroxylation is 1. The molecule has 2 N–H and O–H groups in total. The third-order valence-electron chi connectivity index (χ3n) is 4.16. The Morgan fingerprint density at radius 3 is 2.68 bits per heavy atom. The van der Waals surface area contributed by atoms with Crippen molar-refractivity contribution in [1.82, 2.24) is 20.5 Å². The maximum atomic E-state index is 11.9. The Morgan fingerprint density at radius 2 is 2.24 bits per heavy atom. The smallest absolute Gasteiger partial charge is 0.408 e. The summed E-state index contributed by atoms with van der Waals surface area (Å²) in [6.45, 7) is 6.32. The molecule has 2 fully saturated rings. The molecule has 0 aliphatic carbocycles. The minimum atomic E-state index is -0.726. The number of hydrogen-bond acceptors (Lipinski definition) is 6. The van der Waals surface area contributed by atoms with Gasteiger partial charge in [0.15, 0.2) is 0 Å². The molecule has 0 spiro atoms. The number of alkyl carbamates (subject to hydrolysis) is 1. The molecule has 2 aliphatic rings. The number of likely N-dealkylation sites (tertiary alicyclic amines) is 1. The van der Waals surface area contributed by atoms with Crippen LogP contribution in [0, 0.1) is 6.92 Å². The van der Waals surface area contributed by atoms with Crippen LogP contribution in [0.3, 0.4) is 0 Å². The van der Waals surface area contributed by atoms with Crippen LogP contribution in [-0.4, -0.2) is 59.1 Å². The summed E-state index contributed by atoms with van der Waals surface area (Å²) in [5, 5.41) is 6.97. The Hall–Kier alpha value is -2.16. The van der Waals surface area contributed by atoms with E-state index in [4.69, 9.17) is 4.74 Å². The fourth-order valence-corrected chi connectivity index (χ4v) is 3.29. The lowest BCUT2D eigenvalue weighted by molar-refractivity contribution is -0.134. The number of nitrogens with one attached hydrogen (secondary N) is 2. The van der Waals surface area contributed by atoms with Crippen molar-refractivity contribution in [2.24, 2.45) is 0 Å². The zero-order chi connectivity index (χ0) is 18.4. The minimum Gasteiger partial charge on any atom is -0.444 e. The van der Waals surface area contributed by atoms with Gasteiger partial charge in [-0.1, -0.05) is 0 Å². The predicted molar refractivity (Wildman–Crippen MR) is 93.1 cm³/mol. The summed E-state index contributed by atoms with van der Waals surface area (Å²) in [6, 6.07) is -0.492. The molecule has 3 heterocycles. The fraction of sp³-hybridized carbons (Fsp3) is 0.625. The predicted octanol–water partition coefficient (Wildman–Crippen LogP) is 1.06. The van der Waals surface area contributed by atoms with Gasteiger partial charge in [-0.3, -0.25) is 14.6 Å². The Kier molecular flexibility index (Phi) is 6.74. The lowest BCUT2D eigenvalue weighted by Gasteiger charge is -2.22. The molecule has 3 rings (SSSR count). The van der Waals surface area contributed by atoms with Crippen LogP contribution in [0.25, 0.3) is 0 Å². The van der Waals surface area contributed by atoms with Crippen LogP contribution in [0.5, 0.6) is 0 Å². The van der Waals surface area contributed by atoms with E-state index in [2.05, 4.69) is 15.6 Å². The van der Waals surface area contributed by atoms with Gasteiger partial charge in [-0.05, 0) is 33.6 Å². The summed E-state index contributed by atoms with van der Waals surface area (Å²) < 4.78 is 4.81. The quantitative estimate of drug-likeness (QED) is 0.831. The Bertz CT molecular complexity index is 607. The average molecular weight is 368 g/mol. The van der Waals surface area contributed by atoms with Gasteiger partial charge in [-0.15, -0.1) is 11.3 Å². The minimum absolute atomic E-state index is 0.0394. The summed E-state index contributed by atoms with van der Waals surface area (Å²) in [5.41, 5.74) is 2.94. The van der Waals surface area contributed by atoms with Gasteiger partial charge in [0.1, 0.15) is 12.1 Å². The molecule has 3 atom stereocenters. The van der Waals surface area contributed by atoms with Crippen LogP contribution in [0.2, 0.25) is 0 Å². The highest BCUT2D eigenvalue weighted by molar-refractivity contribution is 7.07. The first-order valence-corrected chi connectivity index (χ1v) is 9.22. The largest absolute Gasteiger partial charge is 0.444 e. The fourth-order valence-electron chi connectivity index (χ4n) is 2.74. The number of rotatable bonds is 3. The number of amides is 3. The van der Waals surface area contributed by atoms with Crippen LogP contribution in [-0.2, 0) is 14.3 Å². The van der Waals surface area contributed by atoms with E-state index in [1.807, 2.05) is 24.7 Å². The zero-order valence-corrected chi connectivity index (χ0v) is 15.5. The van der Waals surface area contributed by atoms with Crippen molar-refractivity contribution >= 4 is 29.2 Å². The van der Waals surface area contributed by atoms with E-state index in [1.165, 1.54) is 0 Å². The first-order chi connectivity index (χ1) is 11.9. The lowest BCUT2D eigenvalue weighted by Crippen LogP contribution is -2.49. The first-order valence-electron chi connectivity index (χ1n) is 8.27. The van der Waals surface area contributed by atoms with Crippen molar-refractivity contribution in [3.8, 4) is 0 Å². The standard InChI is InChI=1S/C12H19N3O4.C4H5NS/c1-7-4-3-5-15(7)9(16)6-13-11(17)10-8(2)19-12(18)14-10;1-4-2-6-3-5-4/h7-8,10H,3-6H2,1-2H3,(H,13,17)(H,14,18);2-3H,1H3/t7-,8+,10?;/m1./s1. The number of thiazole rings is 1. The first kappa shape index (κ1) is 19.2. The number of carbonyl (C=O) groups is 3. The van der Waals surface area contributed by atoms with Gasteiger partial charge < -0.3 is 20.3 Å². The van der Waals surface area contributed by atoms with Gasteiger partial charge in [-0.2, -0.15) is 0 Å². The number of nitrogens with zero attached hydrogens (tertiary/aromatic N) is 2. The van der Waals surface area contributed by atoms with E-state index in [0.29, 0.717) is 0 Å². The SMILES string of the molecule is C[C@@H]1OC(=O)NC1C(=O)NCC(=O)N1CCC[C@H]1C.Cc1cscn1. The molecule has 0 bridgehead atoms. The second kappa shape index (κ2) is 8.80. The molecule has 0 radical (unpaired) electrons. The summed E-state index contributed by atoms with van der Waals surface area (Å²) in [4.78, 5) is 40.4. The third-order valence-corrected chi connectivity index (χ3v) is 4.87. The highest BCUT2D eigenvalue weighted by Gasteiger charge is 2.36. The van der Waals surface area contributed by atoms with Gasteiger partial charge in [-0.25, -0.2) is 4.79 Å². The number of hydrogen-bond donors (Lipinski definition) is 2. The summed E-state index contributed by atoms with van der Waals surface area (Å²) >= 11 is 1.63. The monoisotopic (exact) mass is 368 g/mol. The topological polar surface area (TPSA) is 101 Å². The van der Waals surface area contributed by atoms with Gasteiger partial charge >= 0.3 is 6.09 Å². The summed E-state index contributed by atoms with van der Waals surface area (Å²) in [7, 11) is 0. The maximum absolute atomic E-state index is 11.9. The Balaban J connectivity index is 0.000000316. The Morgan fingerprint density at radius 1 is 1.48 bits per heavy atom. The molecule has 9 heteroatoms. The van der Waals surface area contributed by atoms with E-state index < -0.39 is 24.1 Å². The van der Waals surface area contributed by atoms with Crippen LogP contribution in [0.1, 0.15) is 32.4 Å². The molecule has 1 aromatic rings. The normalized spacial score (nSPS) is 24.8.